The summed E-state index contributed by atoms with van der Waals surface area (Å²) in [6.07, 6.45) is 2.05. The molecule has 0 aromatic carbocycles. The third-order valence-electron chi connectivity index (χ3n) is 1.87. The molecule has 76 valence electrons. The maximum Gasteiger partial charge on any atom is 0.325 e. The maximum atomic E-state index is 11.4. The van der Waals surface area contributed by atoms with Crippen molar-refractivity contribution in [3.8, 4) is 11.1 Å². The van der Waals surface area contributed by atoms with Crippen molar-refractivity contribution in [2.45, 2.75) is 0 Å². The summed E-state index contributed by atoms with van der Waals surface area (Å²) < 4.78 is 0. The Balaban J connectivity index is 2.58. The first-order valence-electron chi connectivity index (χ1n) is 4.07. The fraction of sp³-hybridized carbons (Fsp3) is 0. The zero-order valence-corrected chi connectivity index (χ0v) is 8.26. The van der Waals surface area contributed by atoms with Crippen LogP contribution in [-0.2, 0) is 0 Å². The van der Waals surface area contributed by atoms with Crippen LogP contribution in [0.25, 0.3) is 11.1 Å². The first kappa shape index (κ1) is 9.60. The lowest BCUT2D eigenvalue weighted by Crippen LogP contribution is -2.22. The number of thiophene rings is 1. The van der Waals surface area contributed by atoms with Crippen LogP contribution in [0.15, 0.2) is 27.2 Å². The predicted molar refractivity (Wildman–Crippen MR) is 56.4 cm³/mol. The van der Waals surface area contributed by atoms with Crippen LogP contribution in [0.3, 0.4) is 0 Å². The molecule has 0 saturated carbocycles. The average molecular weight is 222 g/mol. The highest BCUT2D eigenvalue weighted by Gasteiger charge is 2.06. The molecule has 0 atom stereocenters. The summed E-state index contributed by atoms with van der Waals surface area (Å²) in [7, 11) is 0. The smallest absolute Gasteiger partial charge is 0.313 e. The third-order valence-corrected chi connectivity index (χ3v) is 2.72. The normalized spacial score (nSPS) is 10.1. The van der Waals surface area contributed by atoms with Gasteiger partial charge in [-0.25, -0.2) is 4.79 Å². The molecule has 2 rings (SSSR count). The molecular weight excluding hydrogens is 216 g/mol. The summed E-state index contributed by atoms with van der Waals surface area (Å²) in [6.45, 7) is 0. The van der Waals surface area contributed by atoms with Crippen molar-refractivity contribution >= 4 is 17.6 Å². The number of carbonyl (C=O) groups is 1. The largest absolute Gasteiger partial charge is 0.325 e. The van der Waals surface area contributed by atoms with Gasteiger partial charge >= 0.3 is 5.69 Å². The quantitative estimate of drug-likeness (QED) is 0.730. The van der Waals surface area contributed by atoms with Crippen molar-refractivity contribution in [1.29, 1.82) is 0 Å². The predicted octanol–water partition coefficient (Wildman–Crippen LogP) is 0.604. The number of nitrogens with one attached hydrogen (secondary N) is 2. The van der Waals surface area contributed by atoms with E-state index < -0.39 is 11.2 Å². The van der Waals surface area contributed by atoms with E-state index >= 15 is 0 Å². The Morgan fingerprint density at radius 1 is 1.33 bits per heavy atom. The minimum absolute atomic E-state index is 0.346. The first-order valence-corrected chi connectivity index (χ1v) is 4.95. The Bertz CT molecular complexity index is 608. The number of aromatic amines is 2. The maximum absolute atomic E-state index is 11.4. The topological polar surface area (TPSA) is 82.8 Å². The van der Waals surface area contributed by atoms with Crippen LogP contribution in [0.4, 0.5) is 0 Å². The molecular formula is C9H6N2O3S. The summed E-state index contributed by atoms with van der Waals surface area (Å²) in [6, 6.07) is 1.60. The summed E-state index contributed by atoms with van der Waals surface area (Å²) in [5.41, 5.74) is -0.0397. The molecule has 0 aliphatic rings. The van der Waals surface area contributed by atoms with Crippen LogP contribution in [0.5, 0.6) is 0 Å². The molecule has 2 heterocycles. The van der Waals surface area contributed by atoms with Gasteiger partial charge in [0.15, 0.2) is 6.29 Å². The van der Waals surface area contributed by atoms with Crippen LogP contribution in [-0.4, -0.2) is 16.3 Å². The van der Waals surface area contributed by atoms with Gasteiger partial charge in [0.25, 0.3) is 5.56 Å². The van der Waals surface area contributed by atoms with Crippen LogP contribution in [0.1, 0.15) is 9.67 Å². The number of aromatic nitrogens is 2. The van der Waals surface area contributed by atoms with E-state index in [-0.39, 0.29) is 0 Å². The molecule has 15 heavy (non-hydrogen) atoms. The van der Waals surface area contributed by atoms with Gasteiger partial charge in [-0.15, -0.1) is 11.3 Å². The van der Waals surface area contributed by atoms with Crippen molar-refractivity contribution in [3.05, 3.63) is 43.4 Å². The molecule has 2 N–H and O–H groups in total. The summed E-state index contributed by atoms with van der Waals surface area (Å²) in [5.74, 6) is 0. The van der Waals surface area contributed by atoms with E-state index in [1.807, 2.05) is 0 Å². The van der Waals surface area contributed by atoms with Crippen LogP contribution in [0, 0.1) is 0 Å². The number of carbonyl (C=O) groups excluding carboxylic acids is 1. The third kappa shape index (κ3) is 1.79. The van der Waals surface area contributed by atoms with E-state index in [0.29, 0.717) is 22.3 Å². The monoisotopic (exact) mass is 222 g/mol. The highest BCUT2D eigenvalue weighted by atomic mass is 32.1. The highest BCUT2D eigenvalue weighted by Crippen LogP contribution is 2.20. The van der Waals surface area contributed by atoms with Crippen molar-refractivity contribution in [1.82, 2.24) is 9.97 Å². The lowest BCUT2D eigenvalue weighted by molar-refractivity contribution is 0.112. The molecule has 2 aromatic heterocycles. The molecule has 0 aliphatic carbocycles. The summed E-state index contributed by atoms with van der Waals surface area (Å²) >= 11 is 1.24. The van der Waals surface area contributed by atoms with E-state index in [1.54, 1.807) is 11.4 Å². The van der Waals surface area contributed by atoms with Crippen LogP contribution in [0.2, 0.25) is 0 Å². The Morgan fingerprint density at radius 3 is 2.73 bits per heavy atom. The van der Waals surface area contributed by atoms with E-state index in [4.69, 9.17) is 0 Å². The lowest BCUT2D eigenvalue weighted by Gasteiger charge is -1.93. The fourth-order valence-electron chi connectivity index (χ4n) is 1.18. The van der Waals surface area contributed by atoms with Gasteiger partial charge in [-0.3, -0.25) is 14.6 Å². The Labute approximate surface area is 87.4 Å². The van der Waals surface area contributed by atoms with Gasteiger partial charge in [0, 0.05) is 11.8 Å². The minimum Gasteiger partial charge on any atom is -0.313 e. The molecule has 0 amide bonds. The Hall–Kier alpha value is -1.95. The summed E-state index contributed by atoms with van der Waals surface area (Å²) in [5, 5.41) is 1.69. The molecule has 5 nitrogen and oxygen atoms in total. The molecule has 0 aliphatic heterocycles. The Morgan fingerprint density at radius 2 is 2.13 bits per heavy atom. The highest BCUT2D eigenvalue weighted by molar-refractivity contribution is 7.12. The van der Waals surface area contributed by atoms with Gasteiger partial charge < -0.3 is 4.98 Å². The second kappa shape index (κ2) is 3.66. The van der Waals surface area contributed by atoms with E-state index in [0.717, 1.165) is 0 Å². The standard InChI is InChI=1S/C9H6N2O3S/c12-3-6-1-5(4-15-6)7-2-10-9(14)11-8(7)13/h1-4H,(H2,10,11,13,14). The van der Waals surface area contributed by atoms with Crippen molar-refractivity contribution in [3.63, 3.8) is 0 Å². The zero-order chi connectivity index (χ0) is 10.8. The van der Waals surface area contributed by atoms with E-state index in [9.17, 15) is 14.4 Å². The van der Waals surface area contributed by atoms with Gasteiger partial charge in [-0.1, -0.05) is 0 Å². The number of H-pyrrole nitrogens is 2. The van der Waals surface area contributed by atoms with Gasteiger partial charge in [0.05, 0.1) is 10.4 Å². The Kier molecular flexibility index (Phi) is 2.34. The molecule has 0 unspecified atom stereocenters. The second-order valence-corrected chi connectivity index (χ2v) is 3.78. The SMILES string of the molecule is O=Cc1cc(-c2c[nH]c(=O)[nH]c2=O)cs1. The average Bonchev–Trinajstić information content (AvgIpc) is 2.66. The molecule has 0 spiro atoms. The number of hydrogen-bond acceptors (Lipinski definition) is 4. The van der Waals surface area contributed by atoms with Gasteiger partial charge in [-0.2, -0.15) is 0 Å². The van der Waals surface area contributed by atoms with Gasteiger partial charge in [0.2, 0.25) is 0 Å². The van der Waals surface area contributed by atoms with Crippen molar-refractivity contribution in [2.24, 2.45) is 0 Å². The summed E-state index contributed by atoms with van der Waals surface area (Å²) in [4.78, 5) is 37.6. The number of rotatable bonds is 2. The van der Waals surface area contributed by atoms with Crippen molar-refractivity contribution < 1.29 is 4.79 Å². The number of aldehydes is 1. The van der Waals surface area contributed by atoms with Gasteiger partial charge in [0.1, 0.15) is 0 Å². The molecule has 0 fully saturated rings. The minimum atomic E-state index is -0.547. The van der Waals surface area contributed by atoms with Crippen LogP contribution < -0.4 is 11.2 Å². The second-order valence-electron chi connectivity index (χ2n) is 2.84. The van der Waals surface area contributed by atoms with Crippen LogP contribution >= 0.6 is 11.3 Å². The van der Waals surface area contributed by atoms with Crippen molar-refractivity contribution in [2.75, 3.05) is 0 Å². The molecule has 6 heteroatoms. The number of hydrogen-bond donors (Lipinski definition) is 2. The first-order chi connectivity index (χ1) is 7.20. The molecule has 0 saturated heterocycles. The fourth-order valence-corrected chi connectivity index (χ4v) is 1.89. The molecule has 0 radical (unpaired) electrons. The van der Waals surface area contributed by atoms with Gasteiger partial charge in [-0.05, 0) is 11.4 Å². The van der Waals surface area contributed by atoms with E-state index in [2.05, 4.69) is 9.97 Å². The molecule has 0 bridgehead atoms. The lowest BCUT2D eigenvalue weighted by atomic mass is 10.2. The van der Waals surface area contributed by atoms with E-state index in [1.165, 1.54) is 17.5 Å². The molecule has 2 aromatic rings. The zero-order valence-electron chi connectivity index (χ0n) is 7.44.